The predicted octanol–water partition coefficient (Wildman–Crippen LogP) is 2.84. The molecular weight excluding hydrogens is 318 g/mol. The van der Waals surface area contributed by atoms with E-state index < -0.39 is 5.92 Å². The third-order valence-corrected chi connectivity index (χ3v) is 5.14. The third kappa shape index (κ3) is 2.46. The maximum atomic E-state index is 13.0. The van der Waals surface area contributed by atoms with Gasteiger partial charge >= 0.3 is 5.97 Å². The summed E-state index contributed by atoms with van der Waals surface area (Å²) in [4.78, 5) is 25.4. The number of para-hydroxylation sites is 1. The minimum absolute atomic E-state index is 0.0842. The molecule has 5 nitrogen and oxygen atoms in total. The number of hydrogen-bond donors (Lipinski definition) is 1. The van der Waals surface area contributed by atoms with Crippen molar-refractivity contribution < 1.29 is 19.1 Å². The van der Waals surface area contributed by atoms with Gasteiger partial charge in [0.25, 0.3) is 0 Å². The Morgan fingerprint density at radius 2 is 1.88 bits per heavy atom. The van der Waals surface area contributed by atoms with Crippen molar-refractivity contribution in [1.29, 1.82) is 0 Å². The van der Waals surface area contributed by atoms with Gasteiger partial charge in [0.2, 0.25) is 0 Å². The van der Waals surface area contributed by atoms with Gasteiger partial charge in [-0.1, -0.05) is 32.0 Å². The van der Waals surface area contributed by atoms with Gasteiger partial charge < -0.3 is 14.8 Å². The van der Waals surface area contributed by atoms with Crippen molar-refractivity contribution in [3.05, 3.63) is 52.4 Å². The molecule has 5 heteroatoms. The zero-order valence-electron chi connectivity index (χ0n) is 14.6. The van der Waals surface area contributed by atoms with Crippen LogP contribution in [-0.4, -0.2) is 25.5 Å². The fraction of sp³-hybridized carbons (Fsp3) is 0.400. The molecule has 25 heavy (non-hydrogen) atoms. The summed E-state index contributed by atoms with van der Waals surface area (Å²) in [7, 11) is 1.60. The first kappa shape index (κ1) is 15.9. The van der Waals surface area contributed by atoms with Crippen LogP contribution in [0.1, 0.15) is 38.2 Å². The second-order valence-electron chi connectivity index (χ2n) is 7.60. The molecule has 2 heterocycles. The van der Waals surface area contributed by atoms with Crippen LogP contribution in [0.25, 0.3) is 0 Å². The summed E-state index contributed by atoms with van der Waals surface area (Å²) in [5, 5.41) is 3.32. The molecule has 0 bridgehead atoms. The SMILES string of the molecule is COc1ccccc1C1C2=C(CC(C)(C)CC2=O)NC2=C1C(=O)OC2. The van der Waals surface area contributed by atoms with Crippen molar-refractivity contribution in [2.75, 3.05) is 13.7 Å². The van der Waals surface area contributed by atoms with Gasteiger partial charge in [-0.3, -0.25) is 4.79 Å². The van der Waals surface area contributed by atoms with Gasteiger partial charge in [-0.05, 0) is 17.9 Å². The van der Waals surface area contributed by atoms with Crippen LogP contribution in [0, 0.1) is 5.41 Å². The molecule has 130 valence electrons. The molecule has 0 radical (unpaired) electrons. The summed E-state index contributed by atoms with van der Waals surface area (Å²) in [6, 6.07) is 7.56. The summed E-state index contributed by atoms with van der Waals surface area (Å²) >= 11 is 0. The fourth-order valence-corrected chi connectivity index (χ4v) is 4.14. The van der Waals surface area contributed by atoms with Crippen LogP contribution in [0.2, 0.25) is 0 Å². The minimum atomic E-state index is -0.430. The predicted molar refractivity (Wildman–Crippen MR) is 91.9 cm³/mol. The molecule has 0 spiro atoms. The average Bonchev–Trinajstić information content (AvgIpc) is 2.92. The lowest BCUT2D eigenvalue weighted by atomic mass is 9.68. The number of rotatable bonds is 2. The van der Waals surface area contributed by atoms with E-state index >= 15 is 0 Å². The lowest BCUT2D eigenvalue weighted by molar-refractivity contribution is -0.136. The van der Waals surface area contributed by atoms with Crippen LogP contribution >= 0.6 is 0 Å². The zero-order valence-corrected chi connectivity index (χ0v) is 14.6. The van der Waals surface area contributed by atoms with Gasteiger partial charge in [-0.25, -0.2) is 4.79 Å². The Bertz CT molecular complexity index is 847. The van der Waals surface area contributed by atoms with E-state index in [0.717, 1.165) is 23.4 Å². The summed E-state index contributed by atoms with van der Waals surface area (Å²) in [6.45, 7) is 4.41. The van der Waals surface area contributed by atoms with Crippen molar-refractivity contribution in [2.45, 2.75) is 32.6 Å². The van der Waals surface area contributed by atoms with E-state index in [2.05, 4.69) is 19.2 Å². The number of ether oxygens (including phenoxy) is 2. The Morgan fingerprint density at radius 3 is 2.64 bits per heavy atom. The van der Waals surface area contributed by atoms with Crippen molar-refractivity contribution in [3.8, 4) is 5.75 Å². The van der Waals surface area contributed by atoms with Crippen LogP contribution in [0.4, 0.5) is 0 Å². The van der Waals surface area contributed by atoms with Gasteiger partial charge in [-0.2, -0.15) is 0 Å². The Hall–Kier alpha value is -2.56. The van der Waals surface area contributed by atoms with E-state index in [4.69, 9.17) is 9.47 Å². The normalized spacial score (nSPS) is 24.5. The van der Waals surface area contributed by atoms with E-state index in [1.165, 1.54) is 0 Å². The molecule has 0 saturated carbocycles. The molecule has 1 aliphatic carbocycles. The number of benzene rings is 1. The van der Waals surface area contributed by atoms with E-state index in [1.807, 2.05) is 24.3 Å². The first-order valence-corrected chi connectivity index (χ1v) is 8.47. The number of carbonyl (C=O) groups is 2. The lowest BCUT2D eigenvalue weighted by Gasteiger charge is -2.38. The van der Waals surface area contributed by atoms with Crippen LogP contribution in [-0.2, 0) is 14.3 Å². The number of allylic oxidation sites excluding steroid dienone is 2. The second-order valence-corrected chi connectivity index (χ2v) is 7.60. The highest BCUT2D eigenvalue weighted by molar-refractivity contribution is 6.05. The summed E-state index contributed by atoms with van der Waals surface area (Å²) < 4.78 is 10.8. The Balaban J connectivity index is 1.93. The molecule has 0 amide bonds. The number of methoxy groups -OCH3 is 1. The molecule has 0 saturated heterocycles. The molecule has 1 unspecified atom stereocenters. The standard InChI is InChI=1S/C20H21NO4/c1-20(2)8-12-17(14(22)9-20)16(11-6-4-5-7-15(11)24-3)18-13(21-12)10-25-19(18)23/h4-7,16,21H,8-10H2,1-3H3. The maximum Gasteiger partial charge on any atom is 0.337 e. The first-order chi connectivity index (χ1) is 11.9. The minimum Gasteiger partial charge on any atom is -0.496 e. The Morgan fingerprint density at radius 1 is 1.12 bits per heavy atom. The van der Waals surface area contributed by atoms with Crippen LogP contribution in [0.15, 0.2) is 46.8 Å². The number of ketones is 1. The van der Waals surface area contributed by atoms with Gasteiger partial charge in [0.05, 0.1) is 24.3 Å². The first-order valence-electron chi connectivity index (χ1n) is 8.47. The molecule has 3 aliphatic rings. The lowest BCUT2D eigenvalue weighted by Crippen LogP contribution is -2.37. The third-order valence-electron chi connectivity index (χ3n) is 5.14. The molecule has 1 aromatic carbocycles. The largest absolute Gasteiger partial charge is 0.496 e. The average molecular weight is 339 g/mol. The fourth-order valence-electron chi connectivity index (χ4n) is 4.14. The Kier molecular flexibility index (Phi) is 3.49. The second kappa shape index (κ2) is 5.48. The van der Waals surface area contributed by atoms with E-state index in [-0.39, 0.29) is 23.8 Å². The molecule has 2 aliphatic heterocycles. The summed E-state index contributed by atoms with van der Waals surface area (Å²) in [5.41, 5.74) is 3.63. The van der Waals surface area contributed by atoms with Gasteiger partial charge in [0, 0.05) is 23.3 Å². The number of dihydropyridines is 1. The van der Waals surface area contributed by atoms with E-state index in [9.17, 15) is 9.59 Å². The molecule has 0 fully saturated rings. The van der Waals surface area contributed by atoms with Crippen molar-refractivity contribution in [3.63, 3.8) is 0 Å². The van der Waals surface area contributed by atoms with Crippen molar-refractivity contribution >= 4 is 11.8 Å². The molecule has 1 atom stereocenters. The quantitative estimate of drug-likeness (QED) is 0.840. The summed E-state index contributed by atoms with van der Waals surface area (Å²) in [6.07, 6.45) is 1.24. The number of nitrogens with one attached hydrogen (secondary N) is 1. The van der Waals surface area contributed by atoms with E-state index in [1.54, 1.807) is 7.11 Å². The zero-order chi connectivity index (χ0) is 17.8. The van der Waals surface area contributed by atoms with Crippen molar-refractivity contribution in [1.82, 2.24) is 5.32 Å². The number of hydrogen-bond acceptors (Lipinski definition) is 5. The van der Waals surface area contributed by atoms with Crippen LogP contribution in [0.5, 0.6) is 5.75 Å². The van der Waals surface area contributed by atoms with Crippen molar-refractivity contribution in [2.24, 2.45) is 5.41 Å². The van der Waals surface area contributed by atoms with Crippen LogP contribution < -0.4 is 10.1 Å². The van der Waals surface area contributed by atoms with Gasteiger partial charge in [0.1, 0.15) is 12.4 Å². The highest BCUT2D eigenvalue weighted by Gasteiger charge is 2.46. The number of carbonyl (C=O) groups excluding carboxylic acids is 2. The molecule has 1 N–H and O–H groups in total. The van der Waals surface area contributed by atoms with E-state index in [0.29, 0.717) is 23.3 Å². The van der Waals surface area contributed by atoms with Crippen LogP contribution in [0.3, 0.4) is 0 Å². The topological polar surface area (TPSA) is 64.6 Å². The highest BCUT2D eigenvalue weighted by atomic mass is 16.5. The number of esters is 1. The molecule has 1 aromatic rings. The number of Topliss-reactive ketones (excluding diaryl/α,β-unsaturated/α-hetero) is 1. The molecular formula is C20H21NO4. The maximum absolute atomic E-state index is 13.0. The van der Waals surface area contributed by atoms with Gasteiger partial charge in [0.15, 0.2) is 5.78 Å². The Labute approximate surface area is 146 Å². The molecule has 4 rings (SSSR count). The molecule has 0 aromatic heterocycles. The highest BCUT2D eigenvalue weighted by Crippen LogP contribution is 2.49. The number of cyclic esters (lactones) is 1. The van der Waals surface area contributed by atoms with Gasteiger partial charge in [-0.15, -0.1) is 0 Å². The smallest absolute Gasteiger partial charge is 0.337 e. The summed E-state index contributed by atoms with van der Waals surface area (Å²) in [5.74, 6) is -0.0325. The monoisotopic (exact) mass is 339 g/mol.